The zero-order chi connectivity index (χ0) is 27.1. The van der Waals surface area contributed by atoms with E-state index in [0.717, 1.165) is 7.11 Å². The number of ether oxygens (including phenoxy) is 5. The van der Waals surface area contributed by atoms with Crippen LogP contribution in [0.1, 0.15) is 31.1 Å². The average Bonchev–Trinajstić information content (AvgIpc) is 2.96. The molecule has 1 aliphatic heterocycles. The lowest BCUT2D eigenvalue weighted by Crippen LogP contribution is -2.62. The molecule has 9 nitrogen and oxygen atoms in total. The van der Waals surface area contributed by atoms with Crippen LogP contribution in [0.4, 0.5) is 0 Å². The van der Waals surface area contributed by atoms with Gasteiger partial charge in [0.25, 0.3) is 0 Å². The van der Waals surface area contributed by atoms with Gasteiger partial charge in [0.05, 0.1) is 23.8 Å². The molecule has 3 aromatic carbocycles. The third kappa shape index (κ3) is 6.27. The minimum Gasteiger partial charge on any atom is -0.467 e. The minimum absolute atomic E-state index is 0.183. The lowest BCUT2D eigenvalue weighted by molar-refractivity contribution is -0.210. The monoisotopic (exact) mass is 582 g/mol. The number of benzene rings is 3. The SMILES string of the molecule is COC(=O)[C@H]1O[C@H](Br)[C@@H](OC(=O)c2ccccc2)[C@@H](OC(=O)c2ccccc2)[C@@H]1OC(=O)c1ccccc1. The minimum atomic E-state index is -1.52. The molecule has 1 aliphatic rings. The van der Waals surface area contributed by atoms with E-state index in [4.69, 9.17) is 23.7 Å². The molecule has 0 unspecified atom stereocenters. The highest BCUT2D eigenvalue weighted by Gasteiger charge is 2.54. The number of methoxy groups -OCH3 is 1. The van der Waals surface area contributed by atoms with Gasteiger partial charge in [0, 0.05) is 0 Å². The Balaban J connectivity index is 1.71. The first-order valence-electron chi connectivity index (χ1n) is 11.5. The molecule has 5 atom stereocenters. The molecule has 0 amide bonds. The predicted molar refractivity (Wildman–Crippen MR) is 137 cm³/mol. The third-order valence-corrected chi connectivity index (χ3v) is 6.41. The first-order valence-corrected chi connectivity index (χ1v) is 12.5. The highest BCUT2D eigenvalue weighted by Crippen LogP contribution is 2.33. The lowest BCUT2D eigenvalue weighted by atomic mass is 9.98. The summed E-state index contributed by atoms with van der Waals surface area (Å²) in [6, 6.07) is 24.2. The molecule has 0 aromatic heterocycles. The quantitative estimate of drug-likeness (QED) is 0.232. The Morgan fingerprint density at radius 2 is 0.974 bits per heavy atom. The first kappa shape index (κ1) is 27.0. The molecule has 38 heavy (non-hydrogen) atoms. The molecular formula is C28H23BrO9. The van der Waals surface area contributed by atoms with Crippen molar-refractivity contribution in [3.8, 4) is 0 Å². The highest BCUT2D eigenvalue weighted by molar-refractivity contribution is 9.09. The third-order valence-electron chi connectivity index (χ3n) is 5.67. The van der Waals surface area contributed by atoms with Crippen molar-refractivity contribution in [3.05, 3.63) is 108 Å². The number of hydrogen-bond acceptors (Lipinski definition) is 9. The molecular weight excluding hydrogens is 560 g/mol. The topological polar surface area (TPSA) is 114 Å². The van der Waals surface area contributed by atoms with Gasteiger partial charge in [0.1, 0.15) is 0 Å². The van der Waals surface area contributed by atoms with E-state index in [-0.39, 0.29) is 16.7 Å². The van der Waals surface area contributed by atoms with Crippen LogP contribution in [-0.2, 0) is 28.5 Å². The molecule has 0 bridgehead atoms. The fraction of sp³-hybridized carbons (Fsp3) is 0.214. The van der Waals surface area contributed by atoms with Gasteiger partial charge < -0.3 is 23.7 Å². The number of carbonyl (C=O) groups is 4. The second-order valence-corrected chi connectivity index (χ2v) is 9.04. The maximum absolute atomic E-state index is 13.1. The van der Waals surface area contributed by atoms with Gasteiger partial charge in [-0.25, -0.2) is 19.2 Å². The number of carbonyl (C=O) groups excluding carboxylic acids is 4. The van der Waals surface area contributed by atoms with Gasteiger partial charge in [-0.15, -0.1) is 0 Å². The van der Waals surface area contributed by atoms with Crippen LogP contribution in [0.2, 0.25) is 0 Å². The van der Waals surface area contributed by atoms with Gasteiger partial charge in [-0.1, -0.05) is 70.5 Å². The Hall–Kier alpha value is -4.02. The largest absolute Gasteiger partial charge is 0.467 e. The van der Waals surface area contributed by atoms with Crippen LogP contribution in [0.3, 0.4) is 0 Å². The predicted octanol–water partition coefficient (Wildman–Crippen LogP) is 3.96. The summed E-state index contributed by atoms with van der Waals surface area (Å²) in [5.74, 6) is -3.22. The number of alkyl halides is 1. The van der Waals surface area contributed by atoms with E-state index >= 15 is 0 Å². The van der Waals surface area contributed by atoms with Gasteiger partial charge in [0.2, 0.25) is 0 Å². The maximum Gasteiger partial charge on any atom is 0.339 e. The van der Waals surface area contributed by atoms with Crippen molar-refractivity contribution in [2.24, 2.45) is 0 Å². The molecule has 0 spiro atoms. The molecule has 0 N–H and O–H groups in total. The van der Waals surface area contributed by atoms with E-state index in [0.29, 0.717) is 0 Å². The highest BCUT2D eigenvalue weighted by atomic mass is 79.9. The Bertz CT molecular complexity index is 1270. The number of halogens is 1. The van der Waals surface area contributed by atoms with Crippen molar-refractivity contribution < 1.29 is 42.9 Å². The summed E-state index contributed by atoms with van der Waals surface area (Å²) < 4.78 is 27.7. The van der Waals surface area contributed by atoms with E-state index < -0.39 is 53.3 Å². The maximum atomic E-state index is 13.1. The van der Waals surface area contributed by atoms with Crippen LogP contribution in [0.15, 0.2) is 91.0 Å². The zero-order valence-electron chi connectivity index (χ0n) is 20.1. The summed E-state index contributed by atoms with van der Waals surface area (Å²) in [5.41, 5.74) is 0.609. The van der Waals surface area contributed by atoms with Crippen molar-refractivity contribution in [2.45, 2.75) is 29.4 Å². The Morgan fingerprint density at radius 3 is 1.37 bits per heavy atom. The molecule has 10 heteroatoms. The second-order valence-electron chi connectivity index (χ2n) is 8.14. The smallest absolute Gasteiger partial charge is 0.339 e. The van der Waals surface area contributed by atoms with Crippen molar-refractivity contribution in [3.63, 3.8) is 0 Å². The Morgan fingerprint density at radius 1 is 0.605 bits per heavy atom. The molecule has 1 saturated heterocycles. The van der Waals surface area contributed by atoms with Crippen molar-refractivity contribution >= 4 is 39.8 Å². The van der Waals surface area contributed by atoms with Crippen LogP contribution in [0.5, 0.6) is 0 Å². The van der Waals surface area contributed by atoms with Crippen LogP contribution < -0.4 is 0 Å². The van der Waals surface area contributed by atoms with E-state index in [1.165, 1.54) is 24.3 Å². The standard InChI is InChI=1S/C28H23BrO9/c1-34-28(33)23-21(37-26(31)18-13-7-3-8-14-18)20(36-25(30)17-11-5-2-6-12-17)22(24(29)35-23)38-27(32)19-15-9-4-10-16-19/h2-16,20-24H,1H3/t20-,21-,22-,23-,24-/m0/s1. The molecule has 4 rings (SSSR count). The Labute approximate surface area is 226 Å². The summed E-state index contributed by atoms with van der Waals surface area (Å²) >= 11 is 3.28. The van der Waals surface area contributed by atoms with E-state index in [1.807, 2.05) is 0 Å². The molecule has 196 valence electrons. The fourth-order valence-electron chi connectivity index (χ4n) is 3.79. The summed E-state index contributed by atoms with van der Waals surface area (Å²) in [4.78, 5) is 51.7. The molecule has 0 saturated carbocycles. The van der Waals surface area contributed by atoms with E-state index in [9.17, 15) is 19.2 Å². The summed E-state index contributed by atoms with van der Waals surface area (Å²) in [6.07, 6.45) is -5.79. The second kappa shape index (κ2) is 12.5. The van der Waals surface area contributed by atoms with Gasteiger partial charge >= 0.3 is 23.9 Å². The van der Waals surface area contributed by atoms with Gasteiger partial charge in [-0.3, -0.25) is 0 Å². The van der Waals surface area contributed by atoms with Crippen LogP contribution in [0.25, 0.3) is 0 Å². The van der Waals surface area contributed by atoms with Crippen LogP contribution >= 0.6 is 15.9 Å². The molecule has 1 fully saturated rings. The van der Waals surface area contributed by atoms with Crippen LogP contribution in [0, 0.1) is 0 Å². The molecule has 0 aliphatic carbocycles. The number of rotatable bonds is 7. The van der Waals surface area contributed by atoms with Gasteiger partial charge in [-0.05, 0) is 36.4 Å². The van der Waals surface area contributed by atoms with E-state index in [1.54, 1.807) is 66.7 Å². The van der Waals surface area contributed by atoms with Crippen molar-refractivity contribution in [1.82, 2.24) is 0 Å². The van der Waals surface area contributed by atoms with Gasteiger partial charge in [0.15, 0.2) is 29.4 Å². The number of hydrogen-bond donors (Lipinski definition) is 0. The van der Waals surface area contributed by atoms with Crippen molar-refractivity contribution in [1.29, 1.82) is 0 Å². The summed E-state index contributed by atoms with van der Waals surface area (Å²) in [6.45, 7) is 0. The summed E-state index contributed by atoms with van der Waals surface area (Å²) in [7, 11) is 1.14. The molecule has 0 radical (unpaired) electrons. The van der Waals surface area contributed by atoms with Gasteiger partial charge in [-0.2, -0.15) is 0 Å². The lowest BCUT2D eigenvalue weighted by Gasteiger charge is -2.42. The molecule has 1 heterocycles. The fourth-order valence-corrected chi connectivity index (χ4v) is 4.43. The number of esters is 4. The molecule has 3 aromatic rings. The summed E-state index contributed by atoms with van der Waals surface area (Å²) in [5, 5.41) is -1.13. The van der Waals surface area contributed by atoms with Crippen LogP contribution in [-0.4, -0.2) is 60.4 Å². The zero-order valence-corrected chi connectivity index (χ0v) is 21.7. The normalized spacial score (nSPS) is 22.5. The average molecular weight is 583 g/mol. The first-order chi connectivity index (χ1) is 18.4. The van der Waals surface area contributed by atoms with E-state index in [2.05, 4.69) is 15.9 Å². The Kier molecular flexibility index (Phi) is 8.88. The van der Waals surface area contributed by atoms with Crippen molar-refractivity contribution in [2.75, 3.05) is 7.11 Å².